The summed E-state index contributed by atoms with van der Waals surface area (Å²) in [6.45, 7) is 11.3. The molecule has 0 unspecified atom stereocenters. The number of hydrogen-bond donors (Lipinski definition) is 2. The minimum absolute atomic E-state index is 0.163. The number of carbonyl (C=O) groups is 1. The van der Waals surface area contributed by atoms with E-state index in [-0.39, 0.29) is 12.0 Å². The van der Waals surface area contributed by atoms with E-state index in [1.807, 2.05) is 19.1 Å². The molecule has 4 heteroatoms. The molecule has 0 heterocycles. The Morgan fingerprint density at radius 1 is 1.47 bits per heavy atom. The summed E-state index contributed by atoms with van der Waals surface area (Å²) in [5.74, 6) is 0.455. The van der Waals surface area contributed by atoms with Crippen molar-refractivity contribution in [1.82, 2.24) is 5.32 Å². The highest BCUT2D eigenvalue weighted by molar-refractivity contribution is 5.96. The van der Waals surface area contributed by atoms with Gasteiger partial charge in [0.15, 0.2) is 0 Å². The lowest BCUT2D eigenvalue weighted by molar-refractivity contribution is -0.117. The van der Waals surface area contributed by atoms with Crippen LogP contribution in [0.25, 0.3) is 0 Å². The van der Waals surface area contributed by atoms with E-state index < -0.39 is 0 Å². The van der Waals surface area contributed by atoms with E-state index in [1.54, 1.807) is 19.1 Å². The quantitative estimate of drug-likeness (QED) is 0.468. The Bertz CT molecular complexity index is 495. The molecule has 0 radical (unpaired) electrons. The van der Waals surface area contributed by atoms with Gasteiger partial charge in [0, 0.05) is 17.3 Å². The van der Waals surface area contributed by atoms with Crippen LogP contribution < -0.4 is 15.8 Å². The maximum absolute atomic E-state index is 11.6. The summed E-state index contributed by atoms with van der Waals surface area (Å²) in [5, 5.41) is 2.74. The average molecular weight is 260 g/mol. The third kappa shape index (κ3) is 4.87. The molecule has 0 bridgehead atoms. The summed E-state index contributed by atoms with van der Waals surface area (Å²) in [6, 6.07) is 7.17. The highest BCUT2D eigenvalue weighted by Gasteiger charge is 2.10. The lowest BCUT2D eigenvalue weighted by Gasteiger charge is -2.16. The average Bonchev–Trinajstić information content (AvgIpc) is 2.34. The zero-order chi connectivity index (χ0) is 14.4. The molecule has 1 aromatic carbocycles. The lowest BCUT2D eigenvalue weighted by atomic mass is 10.1. The second-order valence-electron chi connectivity index (χ2n) is 4.47. The molecule has 0 aliphatic heterocycles. The molecular weight excluding hydrogens is 240 g/mol. The molecular formula is C15H20N2O2. The maximum Gasteiger partial charge on any atom is 0.251 e. The molecule has 1 rings (SSSR count). The van der Waals surface area contributed by atoms with Crippen molar-refractivity contribution in [2.24, 2.45) is 0 Å². The number of hydrogen-bond acceptors (Lipinski definition) is 3. The zero-order valence-corrected chi connectivity index (χ0v) is 11.4. The van der Waals surface area contributed by atoms with Crippen LogP contribution >= 0.6 is 0 Å². The van der Waals surface area contributed by atoms with Crippen LogP contribution in [0.3, 0.4) is 0 Å². The fourth-order valence-corrected chi connectivity index (χ4v) is 1.40. The van der Waals surface area contributed by atoms with Crippen molar-refractivity contribution in [2.75, 3.05) is 12.3 Å². The minimum Gasteiger partial charge on any atom is -0.489 e. The predicted octanol–water partition coefficient (Wildman–Crippen LogP) is 2.28. The van der Waals surface area contributed by atoms with E-state index in [9.17, 15) is 4.79 Å². The van der Waals surface area contributed by atoms with E-state index >= 15 is 0 Å². The molecule has 3 N–H and O–H groups in total. The van der Waals surface area contributed by atoms with Crippen LogP contribution in [0.4, 0.5) is 5.69 Å². The molecule has 0 fully saturated rings. The summed E-state index contributed by atoms with van der Waals surface area (Å²) < 4.78 is 5.64. The van der Waals surface area contributed by atoms with E-state index in [4.69, 9.17) is 10.5 Å². The van der Waals surface area contributed by atoms with Crippen molar-refractivity contribution in [3.63, 3.8) is 0 Å². The van der Waals surface area contributed by atoms with Crippen molar-refractivity contribution in [3.05, 3.63) is 48.6 Å². The van der Waals surface area contributed by atoms with Gasteiger partial charge in [-0.2, -0.15) is 0 Å². The number of nitrogen functional groups attached to an aromatic ring is 1. The third-order valence-electron chi connectivity index (χ3n) is 2.53. The molecule has 0 aliphatic carbocycles. The van der Waals surface area contributed by atoms with Gasteiger partial charge < -0.3 is 15.8 Å². The van der Waals surface area contributed by atoms with Crippen LogP contribution in [-0.2, 0) is 4.79 Å². The molecule has 0 saturated carbocycles. The number of amides is 1. The molecule has 102 valence electrons. The van der Waals surface area contributed by atoms with Crippen molar-refractivity contribution in [1.29, 1.82) is 0 Å². The van der Waals surface area contributed by atoms with Crippen LogP contribution in [0.5, 0.6) is 5.75 Å². The SMILES string of the molecule is C=C(C)C(=C)C(=O)NC[C@H](C)Oc1cccc(N)c1. The first kappa shape index (κ1) is 14.8. The largest absolute Gasteiger partial charge is 0.489 e. The van der Waals surface area contributed by atoms with Crippen LogP contribution in [0, 0.1) is 0 Å². The first-order valence-corrected chi connectivity index (χ1v) is 6.05. The minimum atomic E-state index is -0.226. The summed E-state index contributed by atoms with van der Waals surface area (Å²) in [4.78, 5) is 11.6. The van der Waals surface area contributed by atoms with Gasteiger partial charge in [-0.15, -0.1) is 0 Å². The summed E-state index contributed by atoms with van der Waals surface area (Å²) in [5.41, 5.74) is 7.34. The number of ether oxygens (including phenoxy) is 1. The smallest absolute Gasteiger partial charge is 0.251 e. The fourth-order valence-electron chi connectivity index (χ4n) is 1.40. The predicted molar refractivity (Wildman–Crippen MR) is 77.9 cm³/mol. The number of carbonyl (C=O) groups excluding carboxylic acids is 1. The maximum atomic E-state index is 11.6. The Balaban J connectivity index is 2.44. The van der Waals surface area contributed by atoms with E-state index in [0.717, 1.165) is 0 Å². The van der Waals surface area contributed by atoms with Gasteiger partial charge in [0.05, 0.1) is 6.54 Å². The van der Waals surface area contributed by atoms with Gasteiger partial charge in [0.2, 0.25) is 0 Å². The van der Waals surface area contributed by atoms with Crippen molar-refractivity contribution < 1.29 is 9.53 Å². The highest BCUT2D eigenvalue weighted by atomic mass is 16.5. The van der Waals surface area contributed by atoms with Gasteiger partial charge >= 0.3 is 0 Å². The van der Waals surface area contributed by atoms with E-state index in [2.05, 4.69) is 18.5 Å². The Morgan fingerprint density at radius 3 is 2.74 bits per heavy atom. The van der Waals surface area contributed by atoms with Gasteiger partial charge in [-0.3, -0.25) is 4.79 Å². The van der Waals surface area contributed by atoms with Crippen molar-refractivity contribution >= 4 is 11.6 Å². The van der Waals surface area contributed by atoms with E-state index in [1.165, 1.54) is 0 Å². The monoisotopic (exact) mass is 260 g/mol. The number of rotatable bonds is 6. The second-order valence-corrected chi connectivity index (χ2v) is 4.47. The second kappa shape index (κ2) is 6.64. The molecule has 0 saturated heterocycles. The standard InChI is InChI=1S/C15H20N2O2/c1-10(2)12(4)15(18)17-9-11(3)19-14-7-5-6-13(16)8-14/h5-8,11H,1,4,9,16H2,2-3H3,(H,17,18)/t11-/m0/s1. The summed E-state index contributed by atoms with van der Waals surface area (Å²) in [6.07, 6.45) is -0.163. The molecule has 4 nitrogen and oxygen atoms in total. The van der Waals surface area contributed by atoms with Crippen LogP contribution in [-0.4, -0.2) is 18.6 Å². The highest BCUT2D eigenvalue weighted by Crippen LogP contribution is 2.15. The van der Waals surface area contributed by atoms with Crippen molar-refractivity contribution in [3.8, 4) is 5.75 Å². The molecule has 19 heavy (non-hydrogen) atoms. The van der Waals surface area contributed by atoms with Gasteiger partial charge in [-0.25, -0.2) is 0 Å². The fraction of sp³-hybridized carbons (Fsp3) is 0.267. The third-order valence-corrected chi connectivity index (χ3v) is 2.53. The first-order valence-electron chi connectivity index (χ1n) is 6.05. The normalized spacial score (nSPS) is 11.5. The zero-order valence-electron chi connectivity index (χ0n) is 11.4. The van der Waals surface area contributed by atoms with Gasteiger partial charge in [-0.05, 0) is 31.6 Å². The van der Waals surface area contributed by atoms with Gasteiger partial charge in [0.25, 0.3) is 5.91 Å². The molecule has 1 aromatic rings. The Hall–Kier alpha value is -2.23. The number of nitrogens with one attached hydrogen (secondary N) is 1. The Labute approximate surface area is 114 Å². The number of benzene rings is 1. The summed E-state index contributed by atoms with van der Waals surface area (Å²) >= 11 is 0. The van der Waals surface area contributed by atoms with Gasteiger partial charge in [-0.1, -0.05) is 19.2 Å². The first-order chi connectivity index (χ1) is 8.90. The molecule has 1 amide bonds. The lowest BCUT2D eigenvalue weighted by Crippen LogP contribution is -2.34. The Kier molecular flexibility index (Phi) is 5.18. The number of anilines is 1. The number of nitrogens with two attached hydrogens (primary N) is 1. The molecule has 0 spiro atoms. The van der Waals surface area contributed by atoms with E-state index in [0.29, 0.717) is 29.1 Å². The van der Waals surface area contributed by atoms with Crippen molar-refractivity contribution in [2.45, 2.75) is 20.0 Å². The van der Waals surface area contributed by atoms with Crippen LogP contribution in [0.15, 0.2) is 48.6 Å². The molecule has 0 aliphatic rings. The topological polar surface area (TPSA) is 64.3 Å². The van der Waals surface area contributed by atoms with Crippen LogP contribution in [0.2, 0.25) is 0 Å². The van der Waals surface area contributed by atoms with Gasteiger partial charge in [0.1, 0.15) is 11.9 Å². The Morgan fingerprint density at radius 2 is 2.16 bits per heavy atom. The summed E-state index contributed by atoms with van der Waals surface area (Å²) in [7, 11) is 0. The molecule has 1 atom stereocenters. The van der Waals surface area contributed by atoms with Crippen LogP contribution in [0.1, 0.15) is 13.8 Å². The molecule has 0 aromatic heterocycles.